The Morgan fingerprint density at radius 3 is 1.47 bits per heavy atom. The first-order chi connectivity index (χ1) is 7.33. The summed E-state index contributed by atoms with van der Waals surface area (Å²) >= 11 is 0. The van der Waals surface area contributed by atoms with Crippen LogP contribution in [0.15, 0.2) is 24.3 Å². The Kier molecular flexibility index (Phi) is 24.4. The van der Waals surface area contributed by atoms with Crippen LogP contribution in [0.5, 0.6) is 5.75 Å². The highest BCUT2D eigenvalue weighted by Crippen LogP contribution is 2.09. The Labute approximate surface area is 94.9 Å². The first kappa shape index (κ1) is 19.5. The van der Waals surface area contributed by atoms with Crippen LogP contribution < -0.4 is 4.74 Å². The van der Waals surface area contributed by atoms with E-state index >= 15 is 0 Å². The fourth-order valence-electron chi connectivity index (χ4n) is 0.674. The lowest BCUT2D eigenvalue weighted by Crippen LogP contribution is -1.80. The molecule has 0 heterocycles. The van der Waals surface area contributed by atoms with Crippen molar-refractivity contribution in [2.24, 2.45) is 0 Å². The van der Waals surface area contributed by atoms with E-state index in [-0.39, 0.29) is 0 Å². The van der Waals surface area contributed by atoms with Crippen molar-refractivity contribution in [3.63, 3.8) is 0 Å². The average molecular weight is 214 g/mol. The minimum atomic E-state index is 0.917. The first-order valence-electron chi connectivity index (χ1n) is 5.38. The number of aryl methyl sites for hydroxylation is 1. The van der Waals surface area contributed by atoms with Gasteiger partial charge in [0.25, 0.3) is 0 Å². The largest absolute Gasteiger partial charge is 0.497 e. The van der Waals surface area contributed by atoms with Crippen LogP contribution in [-0.4, -0.2) is 19.3 Å². The Bertz CT molecular complexity index is 180. The van der Waals surface area contributed by atoms with Crippen LogP contribution in [0.25, 0.3) is 0 Å². The molecule has 2 heteroatoms. The molecule has 0 saturated heterocycles. The van der Waals surface area contributed by atoms with E-state index < -0.39 is 0 Å². The Balaban J connectivity index is -0.000000208. The van der Waals surface area contributed by atoms with Crippen LogP contribution in [0.3, 0.4) is 0 Å². The average Bonchev–Trinajstić information content (AvgIpc) is 2.38. The van der Waals surface area contributed by atoms with Gasteiger partial charge in [-0.05, 0) is 19.1 Å². The fraction of sp³-hybridized carbons (Fsp3) is 0.538. The standard InChI is InChI=1S/C8H10O.2C2H6.CH4O/c1-7-3-5-8(9-2)6-4-7;3*1-2/h3-6H,1-2H3;2*1-2H3;2H,1H3. The van der Waals surface area contributed by atoms with Gasteiger partial charge in [0.05, 0.1) is 7.11 Å². The highest BCUT2D eigenvalue weighted by atomic mass is 16.5. The van der Waals surface area contributed by atoms with E-state index in [0.717, 1.165) is 12.9 Å². The van der Waals surface area contributed by atoms with Crippen molar-refractivity contribution < 1.29 is 9.84 Å². The molecule has 0 radical (unpaired) electrons. The van der Waals surface area contributed by atoms with Crippen molar-refractivity contribution in [2.45, 2.75) is 34.6 Å². The lowest BCUT2D eigenvalue weighted by atomic mass is 10.2. The number of benzene rings is 1. The highest BCUT2D eigenvalue weighted by Gasteiger charge is 1.85. The predicted octanol–water partition coefficient (Wildman–Crippen LogP) is 3.66. The van der Waals surface area contributed by atoms with Gasteiger partial charge >= 0.3 is 0 Å². The molecule has 0 aromatic heterocycles. The number of methoxy groups -OCH3 is 1. The minimum Gasteiger partial charge on any atom is -0.497 e. The van der Waals surface area contributed by atoms with Crippen molar-refractivity contribution in [3.8, 4) is 5.75 Å². The van der Waals surface area contributed by atoms with Gasteiger partial charge in [-0.3, -0.25) is 0 Å². The molecule has 0 bridgehead atoms. The quantitative estimate of drug-likeness (QED) is 0.773. The molecule has 0 atom stereocenters. The van der Waals surface area contributed by atoms with Crippen LogP contribution in [-0.2, 0) is 0 Å². The molecular formula is C13H26O2. The maximum absolute atomic E-state index is 7.00. The third kappa shape index (κ3) is 13.0. The summed E-state index contributed by atoms with van der Waals surface area (Å²) in [5.74, 6) is 0.917. The number of ether oxygens (including phenoxy) is 1. The molecule has 1 aromatic carbocycles. The van der Waals surface area contributed by atoms with Crippen molar-refractivity contribution in [2.75, 3.05) is 14.2 Å². The van der Waals surface area contributed by atoms with Crippen LogP contribution in [0.2, 0.25) is 0 Å². The second-order valence-electron chi connectivity index (χ2n) is 2.02. The molecule has 1 aromatic rings. The Morgan fingerprint density at radius 1 is 0.867 bits per heavy atom. The number of hydrogen-bond acceptors (Lipinski definition) is 2. The molecule has 0 aliphatic rings. The second kappa shape index (κ2) is 18.7. The van der Waals surface area contributed by atoms with Crippen molar-refractivity contribution in [1.82, 2.24) is 0 Å². The molecule has 0 aliphatic carbocycles. The molecule has 15 heavy (non-hydrogen) atoms. The van der Waals surface area contributed by atoms with Crippen LogP contribution in [0, 0.1) is 6.92 Å². The molecule has 0 aliphatic heterocycles. The van der Waals surface area contributed by atoms with Crippen LogP contribution in [0.1, 0.15) is 33.3 Å². The lowest BCUT2D eigenvalue weighted by Gasteiger charge is -1.97. The van der Waals surface area contributed by atoms with Gasteiger partial charge < -0.3 is 9.84 Å². The van der Waals surface area contributed by atoms with Crippen LogP contribution in [0.4, 0.5) is 0 Å². The molecule has 90 valence electrons. The number of aliphatic hydroxyl groups is 1. The lowest BCUT2D eigenvalue weighted by molar-refractivity contribution is 0.399. The second-order valence-corrected chi connectivity index (χ2v) is 2.02. The summed E-state index contributed by atoms with van der Waals surface area (Å²) in [4.78, 5) is 0. The molecule has 1 rings (SSSR count). The smallest absolute Gasteiger partial charge is 0.118 e. The van der Waals surface area contributed by atoms with Gasteiger partial charge in [-0.25, -0.2) is 0 Å². The van der Waals surface area contributed by atoms with E-state index in [1.807, 2.05) is 52.0 Å². The van der Waals surface area contributed by atoms with Crippen molar-refractivity contribution in [1.29, 1.82) is 0 Å². The summed E-state index contributed by atoms with van der Waals surface area (Å²) in [6, 6.07) is 7.96. The van der Waals surface area contributed by atoms with Gasteiger partial charge in [-0.1, -0.05) is 45.4 Å². The number of hydrogen-bond donors (Lipinski definition) is 1. The molecule has 0 saturated carbocycles. The summed E-state index contributed by atoms with van der Waals surface area (Å²) in [6.07, 6.45) is 0. The molecule has 0 fully saturated rings. The van der Waals surface area contributed by atoms with Crippen molar-refractivity contribution >= 4 is 0 Å². The van der Waals surface area contributed by atoms with E-state index in [0.29, 0.717) is 0 Å². The zero-order chi connectivity index (χ0) is 12.7. The monoisotopic (exact) mass is 214 g/mol. The summed E-state index contributed by atoms with van der Waals surface area (Å²) in [5, 5.41) is 7.00. The molecule has 0 amide bonds. The van der Waals surface area contributed by atoms with E-state index in [9.17, 15) is 0 Å². The third-order valence-electron chi connectivity index (χ3n) is 1.26. The molecule has 2 nitrogen and oxygen atoms in total. The SMILES string of the molecule is CC.CC.CO.COc1ccc(C)cc1. The summed E-state index contributed by atoms with van der Waals surface area (Å²) in [6.45, 7) is 10.1. The third-order valence-corrected chi connectivity index (χ3v) is 1.26. The Hall–Kier alpha value is -1.02. The molecule has 1 N–H and O–H groups in total. The molecule has 0 spiro atoms. The predicted molar refractivity (Wildman–Crippen MR) is 68.6 cm³/mol. The maximum atomic E-state index is 7.00. The van der Waals surface area contributed by atoms with E-state index in [2.05, 4.69) is 6.92 Å². The van der Waals surface area contributed by atoms with Gasteiger partial charge in [0.1, 0.15) is 5.75 Å². The summed E-state index contributed by atoms with van der Waals surface area (Å²) in [5.41, 5.74) is 1.26. The topological polar surface area (TPSA) is 29.5 Å². The van der Waals surface area contributed by atoms with Crippen molar-refractivity contribution in [3.05, 3.63) is 29.8 Å². The number of rotatable bonds is 1. The van der Waals surface area contributed by atoms with Gasteiger partial charge in [0.2, 0.25) is 0 Å². The zero-order valence-corrected chi connectivity index (χ0v) is 11.2. The van der Waals surface area contributed by atoms with Crippen LogP contribution >= 0.6 is 0 Å². The van der Waals surface area contributed by atoms with Gasteiger partial charge in [-0.15, -0.1) is 0 Å². The molecule has 0 unspecified atom stereocenters. The maximum Gasteiger partial charge on any atom is 0.118 e. The first-order valence-corrected chi connectivity index (χ1v) is 5.38. The summed E-state index contributed by atoms with van der Waals surface area (Å²) < 4.78 is 4.97. The highest BCUT2D eigenvalue weighted by molar-refractivity contribution is 5.25. The number of aliphatic hydroxyl groups excluding tert-OH is 1. The summed E-state index contributed by atoms with van der Waals surface area (Å²) in [7, 11) is 2.67. The van der Waals surface area contributed by atoms with E-state index in [4.69, 9.17) is 9.84 Å². The zero-order valence-electron chi connectivity index (χ0n) is 11.2. The Morgan fingerprint density at radius 2 is 1.20 bits per heavy atom. The molecular weight excluding hydrogens is 188 g/mol. The van der Waals surface area contributed by atoms with Gasteiger partial charge in [0, 0.05) is 7.11 Å². The van der Waals surface area contributed by atoms with Gasteiger partial charge in [0.15, 0.2) is 0 Å². The normalized spacial score (nSPS) is 6.67. The van der Waals surface area contributed by atoms with E-state index in [1.54, 1.807) is 7.11 Å². The fourth-order valence-corrected chi connectivity index (χ4v) is 0.674. The minimum absolute atomic E-state index is 0.917. The van der Waals surface area contributed by atoms with E-state index in [1.165, 1.54) is 5.56 Å². The van der Waals surface area contributed by atoms with Gasteiger partial charge in [-0.2, -0.15) is 0 Å².